The van der Waals surface area contributed by atoms with Crippen LogP contribution in [0.2, 0.25) is 0 Å². The molecule has 10 heteroatoms. The molecule has 0 saturated carbocycles. The van der Waals surface area contributed by atoms with Crippen LogP contribution in [0.25, 0.3) is 11.0 Å². The number of hydrogen-bond acceptors (Lipinski definition) is 8. The average molecular weight is 537 g/mol. The minimum Gasteiger partial charge on any atom is -0.481 e. The van der Waals surface area contributed by atoms with Gasteiger partial charge in [0.1, 0.15) is 12.2 Å². The van der Waals surface area contributed by atoms with E-state index in [9.17, 15) is 9.59 Å². The van der Waals surface area contributed by atoms with E-state index >= 15 is 0 Å². The van der Waals surface area contributed by atoms with Crippen LogP contribution in [0.3, 0.4) is 0 Å². The summed E-state index contributed by atoms with van der Waals surface area (Å²) >= 11 is 0. The fourth-order valence-electron chi connectivity index (χ4n) is 4.45. The lowest BCUT2D eigenvalue weighted by molar-refractivity contribution is -0.0261. The minimum atomic E-state index is -0.582. The van der Waals surface area contributed by atoms with Gasteiger partial charge in [0, 0.05) is 12.3 Å². The van der Waals surface area contributed by atoms with Crippen molar-refractivity contribution < 1.29 is 28.5 Å². The SMILES string of the molecule is COc1ccc2nccc(CC(NC(=O)OCc3ccccc3)[C@@H]3CC[C@@H](NC(=O)OC(C)(C)C)CO3)c2n1. The highest BCUT2D eigenvalue weighted by molar-refractivity contribution is 5.78. The van der Waals surface area contributed by atoms with Crippen LogP contribution < -0.4 is 15.4 Å². The number of ether oxygens (including phenoxy) is 4. The molecular formula is C29H36N4O6. The molecule has 1 aromatic carbocycles. The monoisotopic (exact) mass is 536 g/mol. The number of pyridine rings is 2. The molecule has 39 heavy (non-hydrogen) atoms. The van der Waals surface area contributed by atoms with E-state index in [-0.39, 0.29) is 18.8 Å². The van der Waals surface area contributed by atoms with E-state index in [0.29, 0.717) is 37.3 Å². The average Bonchev–Trinajstić information content (AvgIpc) is 2.91. The van der Waals surface area contributed by atoms with Gasteiger partial charge < -0.3 is 29.6 Å². The first-order valence-corrected chi connectivity index (χ1v) is 13.1. The molecule has 0 aliphatic carbocycles. The molecule has 10 nitrogen and oxygen atoms in total. The maximum Gasteiger partial charge on any atom is 0.407 e. The number of carbonyl (C=O) groups excluding carboxylic acids is 2. The van der Waals surface area contributed by atoms with Gasteiger partial charge in [-0.2, -0.15) is 0 Å². The predicted molar refractivity (Wildman–Crippen MR) is 145 cm³/mol. The van der Waals surface area contributed by atoms with Crippen molar-refractivity contribution in [2.45, 2.75) is 70.4 Å². The molecule has 1 aliphatic heterocycles. The highest BCUT2D eigenvalue weighted by Gasteiger charge is 2.32. The summed E-state index contributed by atoms with van der Waals surface area (Å²) in [4.78, 5) is 34.1. The number of benzene rings is 1. The van der Waals surface area contributed by atoms with Gasteiger partial charge in [-0.3, -0.25) is 4.98 Å². The standard InChI is InChI=1S/C29H36N4O6/c1-29(2,3)39-28(35)31-21-10-12-24(37-18-21)23(32-27(34)38-17-19-8-6-5-7-9-19)16-20-14-15-30-22-11-13-25(36-4)33-26(20)22/h5-9,11,13-15,21,23-24H,10,12,16-18H2,1-4H3,(H,31,35)(H,32,34)/t21-,23?,24+/m1/s1. The summed E-state index contributed by atoms with van der Waals surface area (Å²) in [6.07, 6.45) is 2.13. The van der Waals surface area contributed by atoms with Gasteiger partial charge in [-0.1, -0.05) is 30.3 Å². The fourth-order valence-corrected chi connectivity index (χ4v) is 4.45. The van der Waals surface area contributed by atoms with Gasteiger partial charge in [0.05, 0.1) is 42.9 Å². The number of aromatic nitrogens is 2. The second-order valence-electron chi connectivity index (χ2n) is 10.5. The molecule has 3 atom stereocenters. The van der Waals surface area contributed by atoms with Gasteiger partial charge in [0.2, 0.25) is 5.88 Å². The Balaban J connectivity index is 1.46. The summed E-state index contributed by atoms with van der Waals surface area (Å²) < 4.78 is 22.4. The van der Waals surface area contributed by atoms with Gasteiger partial charge >= 0.3 is 12.2 Å². The normalized spacial score (nSPS) is 18.2. The predicted octanol–water partition coefficient (Wildman–Crippen LogP) is 4.55. The van der Waals surface area contributed by atoms with E-state index in [1.54, 1.807) is 19.4 Å². The Morgan fingerprint density at radius 3 is 2.56 bits per heavy atom. The molecule has 3 aromatic rings. The highest BCUT2D eigenvalue weighted by Crippen LogP contribution is 2.24. The number of amides is 2. The van der Waals surface area contributed by atoms with Crippen LogP contribution in [0, 0.1) is 0 Å². The number of nitrogens with zero attached hydrogens (tertiary/aromatic N) is 2. The number of nitrogens with one attached hydrogen (secondary N) is 2. The first-order chi connectivity index (χ1) is 18.7. The Morgan fingerprint density at radius 2 is 1.87 bits per heavy atom. The Hall–Kier alpha value is -3.92. The van der Waals surface area contributed by atoms with Crippen molar-refractivity contribution in [1.82, 2.24) is 20.6 Å². The summed E-state index contributed by atoms with van der Waals surface area (Å²) in [5.74, 6) is 0.480. The Labute approximate surface area is 228 Å². The van der Waals surface area contributed by atoms with E-state index < -0.39 is 23.8 Å². The van der Waals surface area contributed by atoms with E-state index in [1.807, 2.05) is 63.2 Å². The van der Waals surface area contributed by atoms with Crippen molar-refractivity contribution in [2.75, 3.05) is 13.7 Å². The summed E-state index contributed by atoms with van der Waals surface area (Å²) in [5.41, 5.74) is 2.63. The van der Waals surface area contributed by atoms with Crippen molar-refractivity contribution in [3.63, 3.8) is 0 Å². The first kappa shape index (κ1) is 28.1. The van der Waals surface area contributed by atoms with Gasteiger partial charge in [-0.15, -0.1) is 0 Å². The largest absolute Gasteiger partial charge is 0.481 e. The van der Waals surface area contributed by atoms with E-state index in [0.717, 1.165) is 16.6 Å². The molecule has 0 radical (unpaired) electrons. The van der Waals surface area contributed by atoms with E-state index in [1.165, 1.54) is 0 Å². The van der Waals surface area contributed by atoms with Crippen LogP contribution >= 0.6 is 0 Å². The maximum atomic E-state index is 12.9. The van der Waals surface area contributed by atoms with Crippen molar-refractivity contribution in [3.05, 3.63) is 65.9 Å². The topological polar surface area (TPSA) is 121 Å². The number of hydrogen-bond donors (Lipinski definition) is 2. The highest BCUT2D eigenvalue weighted by atomic mass is 16.6. The van der Waals surface area contributed by atoms with Crippen LogP contribution in [0.15, 0.2) is 54.7 Å². The summed E-state index contributed by atoms with van der Waals surface area (Å²) in [6.45, 7) is 5.91. The third-order valence-electron chi connectivity index (χ3n) is 6.29. The molecule has 2 amide bonds. The lowest BCUT2D eigenvalue weighted by Crippen LogP contribution is -2.51. The van der Waals surface area contributed by atoms with Crippen LogP contribution in [0.1, 0.15) is 44.7 Å². The molecule has 2 N–H and O–H groups in total. The van der Waals surface area contributed by atoms with Crippen molar-refractivity contribution in [3.8, 4) is 5.88 Å². The third kappa shape index (κ3) is 8.28. The molecule has 0 spiro atoms. The number of methoxy groups -OCH3 is 1. The van der Waals surface area contributed by atoms with Gasteiger partial charge in [0.15, 0.2) is 0 Å². The third-order valence-corrected chi connectivity index (χ3v) is 6.29. The smallest absolute Gasteiger partial charge is 0.407 e. The molecule has 4 rings (SSSR count). The maximum absolute atomic E-state index is 12.9. The number of rotatable bonds is 8. The van der Waals surface area contributed by atoms with Crippen LogP contribution in [-0.2, 0) is 27.2 Å². The van der Waals surface area contributed by atoms with Gasteiger partial charge in [-0.25, -0.2) is 14.6 Å². The Kier molecular flexibility index (Phi) is 9.19. The quantitative estimate of drug-likeness (QED) is 0.430. The van der Waals surface area contributed by atoms with Gasteiger partial charge in [0.25, 0.3) is 0 Å². The minimum absolute atomic E-state index is 0.156. The molecule has 2 aromatic heterocycles. The zero-order valence-corrected chi connectivity index (χ0v) is 22.8. The van der Waals surface area contributed by atoms with E-state index in [2.05, 4.69) is 20.6 Å². The Morgan fingerprint density at radius 1 is 1.08 bits per heavy atom. The molecule has 208 valence electrons. The molecule has 1 unspecified atom stereocenters. The van der Waals surface area contributed by atoms with Crippen LogP contribution in [-0.4, -0.2) is 59.7 Å². The molecule has 1 saturated heterocycles. The zero-order valence-electron chi connectivity index (χ0n) is 22.8. The summed E-state index contributed by atoms with van der Waals surface area (Å²) in [5, 5.41) is 5.88. The first-order valence-electron chi connectivity index (χ1n) is 13.1. The van der Waals surface area contributed by atoms with Crippen LogP contribution in [0.5, 0.6) is 5.88 Å². The summed E-state index contributed by atoms with van der Waals surface area (Å²) in [6, 6.07) is 14.4. The number of fused-ring (bicyclic) bond motifs is 1. The molecular weight excluding hydrogens is 500 g/mol. The second-order valence-corrected chi connectivity index (χ2v) is 10.5. The zero-order chi connectivity index (χ0) is 27.8. The lowest BCUT2D eigenvalue weighted by Gasteiger charge is -2.35. The van der Waals surface area contributed by atoms with Crippen LogP contribution in [0.4, 0.5) is 9.59 Å². The number of carbonyl (C=O) groups is 2. The second kappa shape index (κ2) is 12.8. The summed E-state index contributed by atoms with van der Waals surface area (Å²) in [7, 11) is 1.56. The molecule has 1 aliphatic rings. The van der Waals surface area contributed by atoms with Crippen molar-refractivity contribution in [2.24, 2.45) is 0 Å². The van der Waals surface area contributed by atoms with Gasteiger partial charge in [-0.05, 0) is 63.3 Å². The molecule has 3 heterocycles. The van der Waals surface area contributed by atoms with Crippen molar-refractivity contribution in [1.29, 1.82) is 0 Å². The molecule has 1 fully saturated rings. The fraction of sp³-hybridized carbons (Fsp3) is 0.448. The Bertz CT molecular complexity index is 1260. The van der Waals surface area contributed by atoms with Crippen molar-refractivity contribution >= 4 is 23.2 Å². The van der Waals surface area contributed by atoms with E-state index in [4.69, 9.17) is 18.9 Å². The number of alkyl carbamates (subject to hydrolysis) is 2. The lowest BCUT2D eigenvalue weighted by atomic mass is 9.94. The molecule has 0 bridgehead atoms.